The van der Waals surface area contributed by atoms with Crippen LogP contribution >= 0.6 is 0 Å². The van der Waals surface area contributed by atoms with Crippen LogP contribution in [0.2, 0.25) is 0 Å². The van der Waals surface area contributed by atoms with Crippen molar-refractivity contribution in [2.75, 3.05) is 6.61 Å². The van der Waals surface area contributed by atoms with Crippen LogP contribution in [-0.4, -0.2) is 42.5 Å². The van der Waals surface area contributed by atoms with E-state index in [0.717, 1.165) is 32.1 Å². The van der Waals surface area contributed by atoms with Gasteiger partial charge in [-0.2, -0.15) is 30.7 Å². The molecule has 0 heterocycles. The van der Waals surface area contributed by atoms with E-state index < -0.39 is 41.9 Å². The molecule has 2 atom stereocenters. The van der Waals surface area contributed by atoms with E-state index in [1.54, 1.807) is 0 Å². The number of hydrogen-bond acceptors (Lipinski definition) is 3. The standard InChI is InChI=1S/C18H28F7NO3/c1-4-6-7-8-9-10-11-29-14(27)13(12(3)5-2)26-15(28)16(19,20)17(21,22)18(23,24)25/h12-13H,4-11H2,1-3H3,(H,26,28). The molecule has 11 heteroatoms. The summed E-state index contributed by atoms with van der Waals surface area (Å²) in [5.74, 6) is -17.6. The minimum Gasteiger partial charge on any atom is -0.464 e. The molecule has 0 rings (SSSR count). The van der Waals surface area contributed by atoms with Crippen molar-refractivity contribution >= 4 is 11.9 Å². The summed E-state index contributed by atoms with van der Waals surface area (Å²) in [6, 6.07) is -1.78. The maximum Gasteiger partial charge on any atom is 0.460 e. The highest BCUT2D eigenvalue weighted by Crippen LogP contribution is 2.46. The highest BCUT2D eigenvalue weighted by atomic mass is 19.4. The summed E-state index contributed by atoms with van der Waals surface area (Å²) in [7, 11) is 0. The maximum absolute atomic E-state index is 13.5. The number of amides is 1. The average molecular weight is 439 g/mol. The molecule has 0 radical (unpaired) electrons. The lowest BCUT2D eigenvalue weighted by Gasteiger charge is -2.29. The lowest BCUT2D eigenvalue weighted by Crippen LogP contribution is -2.62. The van der Waals surface area contributed by atoms with Crippen LogP contribution in [0.3, 0.4) is 0 Å². The molecule has 0 fully saturated rings. The number of rotatable bonds is 13. The Morgan fingerprint density at radius 2 is 1.41 bits per heavy atom. The first kappa shape index (κ1) is 27.5. The molecule has 2 unspecified atom stereocenters. The Morgan fingerprint density at radius 1 is 0.897 bits per heavy atom. The molecule has 0 saturated heterocycles. The minimum absolute atomic E-state index is 0.0805. The molecule has 1 amide bonds. The average Bonchev–Trinajstić information content (AvgIpc) is 2.63. The second-order valence-electron chi connectivity index (χ2n) is 6.92. The zero-order valence-corrected chi connectivity index (χ0v) is 16.7. The maximum atomic E-state index is 13.5. The Bertz CT molecular complexity index is 524. The summed E-state index contributed by atoms with van der Waals surface area (Å²) in [6.07, 6.45) is -1.28. The van der Waals surface area contributed by atoms with E-state index in [1.807, 2.05) is 6.92 Å². The van der Waals surface area contributed by atoms with Crippen LogP contribution in [0, 0.1) is 5.92 Å². The second-order valence-corrected chi connectivity index (χ2v) is 6.92. The normalized spacial score (nSPS) is 15.0. The number of unbranched alkanes of at least 4 members (excludes halogenated alkanes) is 5. The number of carbonyl (C=O) groups excluding carboxylic acids is 2. The Morgan fingerprint density at radius 3 is 1.90 bits per heavy atom. The van der Waals surface area contributed by atoms with Gasteiger partial charge in [-0.25, -0.2) is 4.79 Å². The van der Waals surface area contributed by atoms with Gasteiger partial charge in [0.05, 0.1) is 6.61 Å². The molecule has 0 aliphatic carbocycles. The fourth-order valence-electron chi connectivity index (χ4n) is 2.37. The lowest BCUT2D eigenvalue weighted by molar-refractivity contribution is -0.344. The van der Waals surface area contributed by atoms with Crippen LogP contribution in [0.5, 0.6) is 0 Å². The number of alkyl halides is 7. The smallest absolute Gasteiger partial charge is 0.460 e. The number of halogens is 7. The fraction of sp³-hybridized carbons (Fsp3) is 0.889. The zero-order chi connectivity index (χ0) is 22.9. The summed E-state index contributed by atoms with van der Waals surface area (Å²) in [5.41, 5.74) is 0. The van der Waals surface area contributed by atoms with Gasteiger partial charge in [-0.3, -0.25) is 4.79 Å². The molecule has 0 bridgehead atoms. The van der Waals surface area contributed by atoms with Crippen molar-refractivity contribution in [1.82, 2.24) is 5.32 Å². The van der Waals surface area contributed by atoms with Gasteiger partial charge in [0.2, 0.25) is 0 Å². The molecule has 172 valence electrons. The predicted octanol–water partition coefficient (Wildman–Crippen LogP) is 5.25. The summed E-state index contributed by atoms with van der Waals surface area (Å²) < 4.78 is 94.6. The second kappa shape index (κ2) is 11.6. The topological polar surface area (TPSA) is 55.4 Å². The molecule has 0 aliphatic rings. The predicted molar refractivity (Wildman–Crippen MR) is 91.7 cm³/mol. The number of esters is 1. The molecule has 1 N–H and O–H groups in total. The first-order valence-corrected chi connectivity index (χ1v) is 9.53. The molecule has 0 aliphatic heterocycles. The van der Waals surface area contributed by atoms with E-state index in [4.69, 9.17) is 4.74 Å². The van der Waals surface area contributed by atoms with Gasteiger partial charge in [-0.1, -0.05) is 59.3 Å². The van der Waals surface area contributed by atoms with Crippen LogP contribution in [-0.2, 0) is 14.3 Å². The Labute approximate surface area is 165 Å². The number of nitrogens with one attached hydrogen (secondary N) is 1. The zero-order valence-electron chi connectivity index (χ0n) is 16.7. The van der Waals surface area contributed by atoms with Gasteiger partial charge in [-0.05, 0) is 12.3 Å². The van der Waals surface area contributed by atoms with Gasteiger partial charge in [0.25, 0.3) is 5.91 Å². The molecule has 0 aromatic heterocycles. The SMILES string of the molecule is CCCCCCCCOC(=O)C(NC(=O)C(F)(F)C(F)(F)C(F)(F)F)C(C)CC. The molecule has 0 aromatic rings. The molecule has 0 saturated carbocycles. The quantitative estimate of drug-likeness (QED) is 0.242. The molecule has 4 nitrogen and oxygen atoms in total. The van der Waals surface area contributed by atoms with E-state index in [1.165, 1.54) is 19.2 Å². The Hall–Kier alpha value is -1.55. The summed E-state index contributed by atoms with van der Waals surface area (Å²) in [5, 5.41) is 1.31. The Kier molecular flexibility index (Phi) is 11.0. The van der Waals surface area contributed by atoms with Crippen LogP contribution in [0.15, 0.2) is 0 Å². The number of hydrogen-bond donors (Lipinski definition) is 1. The summed E-state index contributed by atoms with van der Waals surface area (Å²) >= 11 is 0. The van der Waals surface area contributed by atoms with Gasteiger partial charge in [0.1, 0.15) is 6.04 Å². The molecule has 29 heavy (non-hydrogen) atoms. The van der Waals surface area contributed by atoms with E-state index >= 15 is 0 Å². The van der Waals surface area contributed by atoms with Crippen LogP contribution in [0.1, 0.15) is 65.7 Å². The van der Waals surface area contributed by atoms with Crippen molar-refractivity contribution in [2.24, 2.45) is 5.92 Å². The third-order valence-corrected chi connectivity index (χ3v) is 4.53. The number of carbonyl (C=O) groups is 2. The van der Waals surface area contributed by atoms with Crippen molar-refractivity contribution < 1.29 is 45.1 Å². The van der Waals surface area contributed by atoms with Crippen molar-refractivity contribution in [1.29, 1.82) is 0 Å². The van der Waals surface area contributed by atoms with E-state index in [-0.39, 0.29) is 13.0 Å². The molecular weight excluding hydrogens is 411 g/mol. The monoisotopic (exact) mass is 439 g/mol. The molecular formula is C18H28F7NO3. The Balaban J connectivity index is 4.99. The van der Waals surface area contributed by atoms with Crippen molar-refractivity contribution in [3.05, 3.63) is 0 Å². The fourth-order valence-corrected chi connectivity index (χ4v) is 2.37. The third kappa shape index (κ3) is 7.65. The van der Waals surface area contributed by atoms with Gasteiger partial charge in [-0.15, -0.1) is 0 Å². The van der Waals surface area contributed by atoms with E-state index in [2.05, 4.69) is 0 Å². The molecule has 0 aromatic carbocycles. The van der Waals surface area contributed by atoms with Crippen molar-refractivity contribution in [3.63, 3.8) is 0 Å². The minimum atomic E-state index is -6.64. The van der Waals surface area contributed by atoms with Crippen LogP contribution in [0.25, 0.3) is 0 Å². The molecule has 0 spiro atoms. The lowest BCUT2D eigenvalue weighted by atomic mass is 9.98. The van der Waals surface area contributed by atoms with Gasteiger partial charge in [0, 0.05) is 0 Å². The van der Waals surface area contributed by atoms with Crippen molar-refractivity contribution in [3.8, 4) is 0 Å². The largest absolute Gasteiger partial charge is 0.464 e. The van der Waals surface area contributed by atoms with Gasteiger partial charge < -0.3 is 10.1 Å². The highest BCUT2D eigenvalue weighted by molar-refractivity contribution is 5.89. The summed E-state index contributed by atoms with van der Waals surface area (Å²) in [6.45, 7) is 4.83. The van der Waals surface area contributed by atoms with Crippen LogP contribution in [0.4, 0.5) is 30.7 Å². The van der Waals surface area contributed by atoms with Gasteiger partial charge >= 0.3 is 24.0 Å². The van der Waals surface area contributed by atoms with E-state index in [0.29, 0.717) is 6.42 Å². The third-order valence-electron chi connectivity index (χ3n) is 4.53. The van der Waals surface area contributed by atoms with Gasteiger partial charge in [0.15, 0.2) is 0 Å². The highest BCUT2D eigenvalue weighted by Gasteiger charge is 2.76. The summed E-state index contributed by atoms with van der Waals surface area (Å²) in [4.78, 5) is 23.6. The first-order valence-electron chi connectivity index (χ1n) is 9.53. The van der Waals surface area contributed by atoms with Crippen molar-refractivity contribution in [2.45, 2.75) is 89.8 Å². The van der Waals surface area contributed by atoms with Crippen LogP contribution < -0.4 is 5.32 Å². The van der Waals surface area contributed by atoms with E-state index in [9.17, 15) is 40.3 Å². The number of ether oxygens (including phenoxy) is 1. The first-order chi connectivity index (χ1) is 13.2.